The van der Waals surface area contributed by atoms with E-state index in [1.165, 1.54) is 6.07 Å². The molecule has 0 fully saturated rings. The van der Waals surface area contributed by atoms with Crippen LogP contribution in [0, 0.1) is 32.6 Å². The molecule has 12 nitrogen and oxygen atoms in total. The van der Waals surface area contributed by atoms with Crippen LogP contribution >= 0.6 is 7.82 Å². The number of amides is 2. The van der Waals surface area contributed by atoms with Gasteiger partial charge in [-0.15, -0.1) is 0 Å². The van der Waals surface area contributed by atoms with Crippen LogP contribution < -0.4 is 20.1 Å². The average Bonchev–Trinajstić information content (AvgIpc) is 2.99. The van der Waals surface area contributed by atoms with E-state index in [0.29, 0.717) is 40.8 Å². The Morgan fingerprint density at radius 1 is 0.827 bits per heavy atom. The number of nitrogens with one attached hydrogen (secondary N) is 2. The first-order chi connectivity index (χ1) is 24.2. The van der Waals surface area contributed by atoms with Crippen molar-refractivity contribution >= 4 is 42.9 Å². The number of ether oxygens (including phenoxy) is 2. The van der Waals surface area contributed by atoms with Crippen LogP contribution in [0.2, 0.25) is 0 Å². The molecule has 4 N–H and O–H groups in total. The molecule has 52 heavy (non-hydrogen) atoms. The summed E-state index contributed by atoms with van der Waals surface area (Å²) in [6.07, 6.45) is 0.152. The topological polar surface area (TPSA) is 164 Å². The predicted octanol–water partition coefficient (Wildman–Crippen LogP) is 8.19. The molecule has 0 aliphatic carbocycles. The number of hydrogen-bond acceptors (Lipinski definition) is 8. The molecular weight excluding hydrogens is 685 g/mol. The lowest BCUT2D eigenvalue weighted by Crippen LogP contribution is -2.32. The molecule has 0 unspecified atom stereocenters. The van der Waals surface area contributed by atoms with Crippen molar-refractivity contribution in [2.75, 3.05) is 35.4 Å². The molecule has 0 aliphatic heterocycles. The molecule has 0 bridgehead atoms. The molecule has 0 aliphatic rings. The van der Waals surface area contributed by atoms with E-state index in [1.54, 1.807) is 27.7 Å². The number of carbonyl (C=O) groups excluding carboxylic acids is 3. The Bertz CT molecular complexity index is 1740. The minimum absolute atomic E-state index is 0.00469. The second-order valence-corrected chi connectivity index (χ2v) is 15.9. The summed E-state index contributed by atoms with van der Waals surface area (Å²) in [6, 6.07) is 16.2. The van der Waals surface area contributed by atoms with Gasteiger partial charge in [0.05, 0.1) is 17.8 Å². The number of phosphoric acid groups is 1. The third-order valence-corrected chi connectivity index (χ3v) is 8.55. The molecule has 3 aromatic rings. The number of anilines is 3. The Morgan fingerprint density at radius 2 is 1.44 bits per heavy atom. The predicted molar refractivity (Wildman–Crippen MR) is 204 cm³/mol. The van der Waals surface area contributed by atoms with Gasteiger partial charge in [-0.1, -0.05) is 71.4 Å². The minimum atomic E-state index is -4.85. The van der Waals surface area contributed by atoms with Gasteiger partial charge in [-0.2, -0.15) is 0 Å². The molecule has 0 heterocycles. The van der Waals surface area contributed by atoms with E-state index in [1.807, 2.05) is 55.5 Å². The third kappa shape index (κ3) is 13.6. The number of esters is 2. The highest BCUT2D eigenvalue weighted by Crippen LogP contribution is 2.45. The summed E-state index contributed by atoms with van der Waals surface area (Å²) >= 11 is 0. The number of aryl methyl sites for hydroxylation is 4. The standard InChI is InChI=1S/C39H54N3O9P/c1-25(2)22-42(23-26(3)4)33-16-12-30(20-32(33)41-38(45)40-31-14-10-27(5)11-15-31)13-17-35(43)49-24-50-36(44)21-39(8,9)37-29(7)18-28(6)19-34(37)51-52(46,47)48/h10-12,14-16,18-20,25-26H,13,17,21-24H2,1-9H3,(H2,40,41,45)(H2,46,47,48). The van der Waals surface area contributed by atoms with Crippen LogP contribution in [0.5, 0.6) is 5.75 Å². The van der Waals surface area contributed by atoms with Gasteiger partial charge in [0.15, 0.2) is 0 Å². The van der Waals surface area contributed by atoms with Gasteiger partial charge in [-0.25, -0.2) is 9.36 Å². The van der Waals surface area contributed by atoms with Crippen LogP contribution in [-0.2, 0) is 35.5 Å². The van der Waals surface area contributed by atoms with Crippen LogP contribution in [0.15, 0.2) is 54.6 Å². The molecule has 0 radical (unpaired) electrons. The molecular formula is C39H54N3O9P. The Balaban J connectivity index is 1.65. The van der Waals surface area contributed by atoms with Crippen LogP contribution in [0.1, 0.15) is 82.2 Å². The second kappa shape index (κ2) is 18.4. The molecule has 284 valence electrons. The fourth-order valence-electron chi connectivity index (χ4n) is 6.16. The maximum absolute atomic E-state index is 13.1. The van der Waals surface area contributed by atoms with Gasteiger partial charge in [0.25, 0.3) is 0 Å². The lowest BCUT2D eigenvalue weighted by molar-refractivity contribution is -0.167. The Morgan fingerprint density at radius 3 is 2.04 bits per heavy atom. The zero-order valence-corrected chi connectivity index (χ0v) is 32.6. The monoisotopic (exact) mass is 739 g/mol. The van der Waals surface area contributed by atoms with Gasteiger partial charge in [0.1, 0.15) is 5.75 Å². The van der Waals surface area contributed by atoms with Crippen molar-refractivity contribution in [3.8, 4) is 5.75 Å². The van der Waals surface area contributed by atoms with Gasteiger partial charge in [0, 0.05) is 36.2 Å². The summed E-state index contributed by atoms with van der Waals surface area (Å²) in [5.41, 5.74) is 5.01. The van der Waals surface area contributed by atoms with E-state index < -0.39 is 32.0 Å². The van der Waals surface area contributed by atoms with Gasteiger partial charge in [-0.05, 0) is 86.1 Å². The summed E-state index contributed by atoms with van der Waals surface area (Å²) < 4.78 is 27.0. The minimum Gasteiger partial charge on any atom is -0.428 e. The lowest BCUT2D eigenvalue weighted by atomic mass is 9.78. The highest BCUT2D eigenvalue weighted by molar-refractivity contribution is 7.46. The molecule has 0 atom stereocenters. The Labute approximate surface area is 307 Å². The SMILES string of the molecule is Cc1ccc(NC(=O)Nc2cc(CCC(=O)OCOC(=O)CC(C)(C)c3c(C)cc(C)cc3OP(=O)(O)O)ccc2N(CC(C)C)CC(C)C)cc1. The first-order valence-electron chi connectivity index (χ1n) is 17.4. The van der Waals surface area contributed by atoms with Crippen molar-refractivity contribution in [3.05, 3.63) is 82.4 Å². The summed E-state index contributed by atoms with van der Waals surface area (Å²) in [4.78, 5) is 59.7. The first kappa shape index (κ1) is 42.0. The fourth-order valence-corrected chi connectivity index (χ4v) is 6.56. The maximum atomic E-state index is 13.1. The normalized spacial score (nSPS) is 11.7. The van der Waals surface area contributed by atoms with Crippen molar-refractivity contribution in [2.24, 2.45) is 11.8 Å². The number of hydrogen-bond donors (Lipinski definition) is 4. The highest BCUT2D eigenvalue weighted by Gasteiger charge is 2.32. The van der Waals surface area contributed by atoms with E-state index in [9.17, 15) is 28.7 Å². The molecule has 3 aromatic carbocycles. The maximum Gasteiger partial charge on any atom is 0.524 e. The van der Waals surface area contributed by atoms with Gasteiger partial charge in [0.2, 0.25) is 6.79 Å². The van der Waals surface area contributed by atoms with Gasteiger partial charge < -0.3 is 29.5 Å². The van der Waals surface area contributed by atoms with E-state index in [-0.39, 0.29) is 24.6 Å². The fraction of sp³-hybridized carbons (Fsp3) is 0.462. The number of nitrogens with zero attached hydrogens (tertiary/aromatic N) is 1. The van der Waals surface area contributed by atoms with E-state index >= 15 is 0 Å². The van der Waals surface area contributed by atoms with Crippen molar-refractivity contribution in [2.45, 2.75) is 87.0 Å². The summed E-state index contributed by atoms with van der Waals surface area (Å²) in [6.45, 7) is 18.6. The van der Waals surface area contributed by atoms with Crippen molar-refractivity contribution in [1.29, 1.82) is 0 Å². The van der Waals surface area contributed by atoms with E-state index in [2.05, 4.69) is 43.2 Å². The van der Waals surface area contributed by atoms with E-state index in [0.717, 1.165) is 35.5 Å². The van der Waals surface area contributed by atoms with Gasteiger partial charge >= 0.3 is 25.8 Å². The zero-order valence-electron chi connectivity index (χ0n) is 31.7. The van der Waals surface area contributed by atoms with Crippen molar-refractivity contribution in [3.63, 3.8) is 0 Å². The largest absolute Gasteiger partial charge is 0.524 e. The lowest BCUT2D eigenvalue weighted by Gasteiger charge is -2.30. The number of rotatable bonds is 17. The number of carbonyl (C=O) groups is 3. The second-order valence-electron chi connectivity index (χ2n) is 14.7. The quantitative estimate of drug-likeness (QED) is 0.0603. The summed E-state index contributed by atoms with van der Waals surface area (Å²) in [5, 5.41) is 5.90. The smallest absolute Gasteiger partial charge is 0.428 e. The van der Waals surface area contributed by atoms with Crippen molar-refractivity contribution in [1.82, 2.24) is 0 Å². The molecule has 2 amide bonds. The van der Waals surface area contributed by atoms with Gasteiger partial charge in [-0.3, -0.25) is 19.4 Å². The number of phosphoric ester groups is 1. The summed E-state index contributed by atoms with van der Waals surface area (Å²) in [5.74, 6) is -0.485. The molecule has 0 saturated carbocycles. The Hall–Kier alpha value is -4.38. The average molecular weight is 740 g/mol. The summed E-state index contributed by atoms with van der Waals surface area (Å²) in [7, 11) is -4.85. The van der Waals surface area contributed by atoms with Crippen LogP contribution in [0.4, 0.5) is 21.9 Å². The molecule has 3 rings (SSSR count). The third-order valence-electron chi connectivity index (χ3n) is 8.11. The van der Waals surface area contributed by atoms with Crippen LogP contribution in [-0.4, -0.2) is 47.6 Å². The van der Waals surface area contributed by atoms with Crippen LogP contribution in [0.25, 0.3) is 0 Å². The Kier molecular flexibility index (Phi) is 14.9. The number of urea groups is 1. The van der Waals surface area contributed by atoms with E-state index in [4.69, 9.17) is 14.0 Å². The highest BCUT2D eigenvalue weighted by atomic mass is 31.2. The molecule has 13 heteroatoms. The zero-order chi connectivity index (χ0) is 38.8. The molecule has 0 aromatic heterocycles. The molecule has 0 spiro atoms. The van der Waals surface area contributed by atoms with Crippen molar-refractivity contribution < 1.29 is 42.7 Å². The number of benzene rings is 3. The molecule has 0 saturated heterocycles. The first-order valence-corrected chi connectivity index (χ1v) is 19.0. The van der Waals surface area contributed by atoms with Crippen LogP contribution in [0.3, 0.4) is 0 Å².